The standard InChI is InChI=1S/C25H27BrN2O3S/c1-27-21(24(29)28(25(27)32)20-6-4-3-5-7-20)14-18-10-13-22(23(15-18)30-2)31-16-17-8-11-19(26)12-9-17/h8-15,20H,3-7,16H2,1-2H3/b21-14-. The lowest BCUT2D eigenvalue weighted by Crippen LogP contribution is -2.41. The van der Waals surface area contributed by atoms with Crippen LogP contribution in [0, 0.1) is 0 Å². The topological polar surface area (TPSA) is 42.0 Å². The fraction of sp³-hybridized carbons (Fsp3) is 0.360. The van der Waals surface area contributed by atoms with E-state index < -0.39 is 0 Å². The Balaban J connectivity index is 1.52. The van der Waals surface area contributed by atoms with Crippen LogP contribution in [0.15, 0.2) is 52.6 Å². The van der Waals surface area contributed by atoms with Crippen molar-refractivity contribution in [2.24, 2.45) is 0 Å². The summed E-state index contributed by atoms with van der Waals surface area (Å²) in [4.78, 5) is 16.8. The van der Waals surface area contributed by atoms with Crippen LogP contribution in [0.3, 0.4) is 0 Å². The Bertz CT molecular complexity index is 1030. The van der Waals surface area contributed by atoms with E-state index in [1.807, 2.05) is 65.4 Å². The number of carbonyl (C=O) groups excluding carboxylic acids is 1. The van der Waals surface area contributed by atoms with E-state index in [0.29, 0.717) is 28.9 Å². The SMILES string of the molecule is COc1cc(/C=C2/C(=O)N(C3CCCCC3)C(=S)N2C)ccc1OCc1ccc(Br)cc1. The van der Waals surface area contributed by atoms with E-state index in [0.717, 1.165) is 41.3 Å². The number of ether oxygens (including phenoxy) is 2. The molecule has 0 spiro atoms. The number of rotatable bonds is 6. The molecule has 4 rings (SSSR count). The molecule has 5 nitrogen and oxygen atoms in total. The van der Waals surface area contributed by atoms with Crippen molar-refractivity contribution in [2.45, 2.75) is 44.8 Å². The van der Waals surface area contributed by atoms with Crippen LogP contribution in [-0.2, 0) is 11.4 Å². The summed E-state index contributed by atoms with van der Waals surface area (Å²) in [5, 5.41) is 0.592. The molecule has 168 valence electrons. The van der Waals surface area contributed by atoms with Gasteiger partial charge >= 0.3 is 0 Å². The molecule has 1 saturated heterocycles. The van der Waals surface area contributed by atoms with Gasteiger partial charge in [0, 0.05) is 17.6 Å². The average Bonchev–Trinajstić information content (AvgIpc) is 3.02. The van der Waals surface area contributed by atoms with Crippen LogP contribution in [0.2, 0.25) is 0 Å². The quantitative estimate of drug-likeness (QED) is 0.361. The Kier molecular flexibility index (Phi) is 7.16. The predicted octanol–water partition coefficient (Wildman–Crippen LogP) is 5.77. The maximum absolute atomic E-state index is 13.2. The summed E-state index contributed by atoms with van der Waals surface area (Å²) in [6, 6.07) is 13.9. The molecule has 0 N–H and O–H groups in total. The highest BCUT2D eigenvalue weighted by atomic mass is 79.9. The fourth-order valence-corrected chi connectivity index (χ4v) is 4.83. The second kappa shape index (κ2) is 10.0. The monoisotopic (exact) mass is 514 g/mol. The number of methoxy groups -OCH3 is 1. The minimum Gasteiger partial charge on any atom is -0.493 e. The summed E-state index contributed by atoms with van der Waals surface area (Å²) in [6.45, 7) is 0.440. The molecular weight excluding hydrogens is 488 g/mol. The molecule has 0 atom stereocenters. The highest BCUT2D eigenvalue weighted by Gasteiger charge is 2.40. The zero-order valence-corrected chi connectivity index (χ0v) is 20.7. The summed E-state index contributed by atoms with van der Waals surface area (Å²) in [5.74, 6) is 1.26. The third-order valence-electron chi connectivity index (χ3n) is 6.03. The average molecular weight is 515 g/mol. The molecule has 1 aliphatic heterocycles. The number of amides is 1. The second-order valence-electron chi connectivity index (χ2n) is 8.16. The van der Waals surface area contributed by atoms with Gasteiger partial charge < -0.3 is 14.4 Å². The lowest BCUT2D eigenvalue weighted by Gasteiger charge is -2.30. The van der Waals surface area contributed by atoms with E-state index in [2.05, 4.69) is 15.9 Å². The van der Waals surface area contributed by atoms with Crippen molar-refractivity contribution in [3.63, 3.8) is 0 Å². The highest BCUT2D eigenvalue weighted by molar-refractivity contribution is 9.10. The Hall–Kier alpha value is -2.38. The molecule has 32 heavy (non-hydrogen) atoms. The third kappa shape index (κ3) is 4.84. The first-order valence-electron chi connectivity index (χ1n) is 10.9. The van der Waals surface area contributed by atoms with Gasteiger partial charge in [0.1, 0.15) is 12.3 Å². The highest BCUT2D eigenvalue weighted by Crippen LogP contribution is 2.33. The zero-order chi connectivity index (χ0) is 22.7. The summed E-state index contributed by atoms with van der Waals surface area (Å²) in [7, 11) is 3.48. The molecule has 2 aromatic carbocycles. The molecule has 0 aromatic heterocycles. The van der Waals surface area contributed by atoms with E-state index >= 15 is 0 Å². The summed E-state index contributed by atoms with van der Waals surface area (Å²) in [6.07, 6.45) is 7.45. The zero-order valence-electron chi connectivity index (χ0n) is 18.3. The smallest absolute Gasteiger partial charge is 0.277 e. The molecule has 0 radical (unpaired) electrons. The lowest BCUT2D eigenvalue weighted by atomic mass is 9.94. The number of thiocarbonyl (C=S) groups is 1. The van der Waals surface area contributed by atoms with Crippen molar-refractivity contribution in [1.29, 1.82) is 0 Å². The van der Waals surface area contributed by atoms with E-state index in [4.69, 9.17) is 21.7 Å². The van der Waals surface area contributed by atoms with Gasteiger partial charge in [0.2, 0.25) is 0 Å². The van der Waals surface area contributed by atoms with Crippen LogP contribution >= 0.6 is 28.1 Å². The maximum atomic E-state index is 13.2. The van der Waals surface area contributed by atoms with Crippen LogP contribution in [0.25, 0.3) is 6.08 Å². The Morgan fingerprint density at radius 3 is 2.50 bits per heavy atom. The minimum absolute atomic E-state index is 0.0149. The summed E-state index contributed by atoms with van der Waals surface area (Å²) in [5.41, 5.74) is 2.52. The molecule has 7 heteroatoms. The van der Waals surface area contributed by atoms with E-state index in [-0.39, 0.29) is 11.9 Å². The summed E-state index contributed by atoms with van der Waals surface area (Å²) >= 11 is 9.06. The van der Waals surface area contributed by atoms with Crippen LogP contribution in [0.4, 0.5) is 0 Å². The van der Waals surface area contributed by atoms with E-state index in [9.17, 15) is 4.79 Å². The van der Waals surface area contributed by atoms with Crippen LogP contribution < -0.4 is 9.47 Å². The lowest BCUT2D eigenvalue weighted by molar-refractivity contribution is -0.124. The van der Waals surface area contributed by atoms with E-state index in [1.54, 1.807) is 7.11 Å². The van der Waals surface area contributed by atoms with Gasteiger partial charge in [-0.15, -0.1) is 0 Å². The van der Waals surface area contributed by atoms with Gasteiger partial charge in [0.05, 0.1) is 7.11 Å². The Labute approximate surface area is 203 Å². The van der Waals surface area contributed by atoms with Gasteiger partial charge in [-0.3, -0.25) is 9.69 Å². The first kappa shape index (κ1) is 22.8. The largest absolute Gasteiger partial charge is 0.493 e. The fourth-order valence-electron chi connectivity index (χ4n) is 4.23. The van der Waals surface area contributed by atoms with Gasteiger partial charge in [-0.1, -0.05) is 53.4 Å². The molecule has 0 unspecified atom stereocenters. The van der Waals surface area contributed by atoms with Crippen molar-refractivity contribution in [3.05, 3.63) is 63.8 Å². The Morgan fingerprint density at radius 1 is 1.09 bits per heavy atom. The summed E-state index contributed by atoms with van der Waals surface area (Å²) < 4.78 is 12.6. The van der Waals surface area contributed by atoms with E-state index in [1.165, 1.54) is 6.42 Å². The molecule has 1 saturated carbocycles. The number of likely N-dealkylation sites (N-methyl/N-ethyl adjacent to an activating group) is 1. The second-order valence-corrected chi connectivity index (χ2v) is 9.44. The Morgan fingerprint density at radius 2 is 1.81 bits per heavy atom. The van der Waals surface area contributed by atoms with Gasteiger partial charge in [-0.25, -0.2) is 0 Å². The van der Waals surface area contributed by atoms with Gasteiger partial charge in [0.15, 0.2) is 16.6 Å². The number of carbonyl (C=O) groups is 1. The number of benzene rings is 2. The predicted molar refractivity (Wildman–Crippen MR) is 134 cm³/mol. The minimum atomic E-state index is -0.0149. The molecule has 1 amide bonds. The normalized spacial score (nSPS) is 18.5. The van der Waals surface area contributed by atoms with Gasteiger partial charge in [0.25, 0.3) is 5.91 Å². The van der Waals surface area contributed by atoms with Crippen molar-refractivity contribution in [2.75, 3.05) is 14.2 Å². The molecule has 1 heterocycles. The molecule has 2 aromatic rings. The number of hydrogen-bond donors (Lipinski definition) is 0. The van der Waals surface area contributed by atoms with Crippen LogP contribution in [-0.4, -0.2) is 41.0 Å². The molecular formula is C25H27BrN2O3S. The number of nitrogens with zero attached hydrogens (tertiary/aromatic N) is 2. The first-order chi connectivity index (χ1) is 15.5. The molecule has 2 aliphatic rings. The number of hydrogen-bond acceptors (Lipinski definition) is 4. The molecule has 0 bridgehead atoms. The van der Waals surface area contributed by atoms with Gasteiger partial charge in [-0.05, 0) is 66.5 Å². The van der Waals surface area contributed by atoms with Crippen molar-refractivity contribution in [1.82, 2.24) is 9.80 Å². The first-order valence-corrected chi connectivity index (χ1v) is 12.1. The van der Waals surface area contributed by atoms with Crippen LogP contribution in [0.5, 0.6) is 11.5 Å². The third-order valence-corrected chi connectivity index (χ3v) is 7.03. The maximum Gasteiger partial charge on any atom is 0.277 e. The van der Waals surface area contributed by atoms with Crippen LogP contribution in [0.1, 0.15) is 43.2 Å². The van der Waals surface area contributed by atoms with Crippen molar-refractivity contribution < 1.29 is 14.3 Å². The number of halogens is 1. The molecule has 1 aliphatic carbocycles. The van der Waals surface area contributed by atoms with Crippen molar-refractivity contribution >= 4 is 45.2 Å². The van der Waals surface area contributed by atoms with Gasteiger partial charge in [-0.2, -0.15) is 0 Å². The molecule has 2 fully saturated rings. The van der Waals surface area contributed by atoms with Crippen molar-refractivity contribution in [3.8, 4) is 11.5 Å².